The second-order valence-electron chi connectivity index (χ2n) is 6.48. The van der Waals surface area contributed by atoms with Gasteiger partial charge in [-0.25, -0.2) is 0 Å². The molecule has 2 aliphatic heterocycles. The van der Waals surface area contributed by atoms with Gasteiger partial charge in [0.1, 0.15) is 6.10 Å². The number of hydrogen-bond acceptors (Lipinski definition) is 4. The summed E-state index contributed by atoms with van der Waals surface area (Å²) < 4.78 is 5.84. The number of amides is 2. The molecule has 2 aromatic carbocycles. The topological polar surface area (TPSA) is 58.6 Å². The number of ether oxygens (including phenoxy) is 1. The molecule has 1 saturated heterocycles. The Morgan fingerprint density at radius 3 is 2.85 bits per heavy atom. The van der Waals surface area contributed by atoms with E-state index in [4.69, 9.17) is 4.74 Å². The van der Waals surface area contributed by atoms with E-state index in [1.165, 1.54) is 11.8 Å². The Hall–Kier alpha value is -2.31. The van der Waals surface area contributed by atoms with Gasteiger partial charge in [0.2, 0.25) is 5.91 Å². The van der Waals surface area contributed by atoms with Crippen molar-refractivity contribution in [2.75, 3.05) is 25.0 Å². The molecule has 134 valence electrons. The molecule has 2 aromatic rings. The molecule has 4 rings (SSSR count). The maximum Gasteiger partial charge on any atom is 0.254 e. The van der Waals surface area contributed by atoms with Crippen LogP contribution in [0.2, 0.25) is 0 Å². The van der Waals surface area contributed by atoms with E-state index < -0.39 is 0 Å². The lowest BCUT2D eigenvalue weighted by Gasteiger charge is -2.33. The molecular weight excluding hydrogens is 348 g/mol. The van der Waals surface area contributed by atoms with E-state index in [0.717, 1.165) is 16.1 Å². The molecule has 6 heteroatoms. The molecule has 5 nitrogen and oxygen atoms in total. The smallest absolute Gasteiger partial charge is 0.254 e. The van der Waals surface area contributed by atoms with Crippen LogP contribution in [-0.4, -0.2) is 41.7 Å². The summed E-state index contributed by atoms with van der Waals surface area (Å²) in [6.07, 6.45) is -0.109. The molecule has 2 amide bonds. The SMILES string of the molecule is C[C@@H]1Sc2ccc(C(=O)N3CCO[C@H](c4ccccc4)C3)cc2NC1=O. The van der Waals surface area contributed by atoms with Crippen molar-refractivity contribution in [1.29, 1.82) is 0 Å². The number of carbonyl (C=O) groups excluding carboxylic acids is 2. The van der Waals surface area contributed by atoms with Gasteiger partial charge in [0.25, 0.3) is 5.91 Å². The number of fused-ring (bicyclic) bond motifs is 1. The van der Waals surface area contributed by atoms with Crippen molar-refractivity contribution in [2.24, 2.45) is 0 Å². The number of benzene rings is 2. The van der Waals surface area contributed by atoms with Crippen LogP contribution in [0.15, 0.2) is 53.4 Å². The van der Waals surface area contributed by atoms with E-state index in [-0.39, 0.29) is 23.2 Å². The first-order valence-corrected chi connectivity index (χ1v) is 9.57. The second-order valence-corrected chi connectivity index (χ2v) is 7.86. The third-order valence-corrected chi connectivity index (χ3v) is 5.86. The van der Waals surface area contributed by atoms with Gasteiger partial charge in [-0.15, -0.1) is 11.8 Å². The normalized spacial score (nSPS) is 22.5. The molecule has 0 aliphatic carbocycles. The monoisotopic (exact) mass is 368 g/mol. The third kappa shape index (κ3) is 3.34. The number of carbonyl (C=O) groups is 2. The molecule has 0 bridgehead atoms. The molecule has 0 radical (unpaired) electrons. The van der Waals surface area contributed by atoms with Crippen LogP contribution in [0.4, 0.5) is 5.69 Å². The van der Waals surface area contributed by atoms with Crippen molar-refractivity contribution < 1.29 is 14.3 Å². The van der Waals surface area contributed by atoms with Gasteiger partial charge in [0, 0.05) is 17.0 Å². The van der Waals surface area contributed by atoms with Crippen LogP contribution in [0.25, 0.3) is 0 Å². The van der Waals surface area contributed by atoms with Gasteiger partial charge in [-0.1, -0.05) is 30.3 Å². The summed E-state index contributed by atoms with van der Waals surface area (Å²) in [4.78, 5) is 27.7. The molecule has 2 aliphatic rings. The summed E-state index contributed by atoms with van der Waals surface area (Å²) >= 11 is 1.52. The summed E-state index contributed by atoms with van der Waals surface area (Å²) in [5.41, 5.74) is 2.39. The number of anilines is 1. The Kier molecular flexibility index (Phi) is 4.70. The third-order valence-electron chi connectivity index (χ3n) is 4.68. The largest absolute Gasteiger partial charge is 0.370 e. The minimum absolute atomic E-state index is 0.0254. The number of morpholine rings is 1. The van der Waals surface area contributed by atoms with E-state index >= 15 is 0 Å². The predicted octanol–water partition coefficient (Wildman–Crippen LogP) is 3.33. The second kappa shape index (κ2) is 7.13. The van der Waals surface area contributed by atoms with Gasteiger partial charge in [-0.05, 0) is 30.7 Å². The molecular formula is C20H20N2O3S. The Morgan fingerprint density at radius 2 is 2.04 bits per heavy atom. The fraction of sp³-hybridized carbons (Fsp3) is 0.300. The number of nitrogens with zero attached hydrogens (tertiary/aromatic N) is 1. The number of nitrogens with one attached hydrogen (secondary N) is 1. The van der Waals surface area contributed by atoms with Gasteiger partial charge in [0.05, 0.1) is 24.1 Å². The zero-order valence-corrected chi connectivity index (χ0v) is 15.3. The fourth-order valence-corrected chi connectivity index (χ4v) is 4.16. The maximum atomic E-state index is 13.0. The average Bonchev–Trinajstić information content (AvgIpc) is 2.69. The number of thioether (sulfide) groups is 1. The molecule has 0 unspecified atom stereocenters. The maximum absolute atomic E-state index is 13.0. The van der Waals surface area contributed by atoms with Gasteiger partial charge >= 0.3 is 0 Å². The minimum atomic E-state index is -0.116. The highest BCUT2D eigenvalue weighted by Crippen LogP contribution is 2.36. The van der Waals surface area contributed by atoms with E-state index in [0.29, 0.717) is 25.3 Å². The van der Waals surface area contributed by atoms with Gasteiger partial charge in [-0.2, -0.15) is 0 Å². The van der Waals surface area contributed by atoms with Crippen molar-refractivity contribution in [2.45, 2.75) is 23.2 Å². The zero-order valence-electron chi connectivity index (χ0n) is 14.5. The lowest BCUT2D eigenvalue weighted by molar-refractivity contribution is -0.115. The number of rotatable bonds is 2. The summed E-state index contributed by atoms with van der Waals surface area (Å²) in [6, 6.07) is 15.5. The minimum Gasteiger partial charge on any atom is -0.370 e. The standard InChI is InChI=1S/C20H20N2O3S/c1-13-19(23)21-16-11-15(7-8-18(16)26-13)20(24)22-9-10-25-17(12-22)14-5-3-2-4-6-14/h2-8,11,13,17H,9-10,12H2,1H3,(H,21,23)/t13-,17-/m0/s1. The van der Waals surface area contributed by atoms with Crippen molar-refractivity contribution in [3.8, 4) is 0 Å². The van der Waals surface area contributed by atoms with E-state index in [9.17, 15) is 9.59 Å². The molecule has 26 heavy (non-hydrogen) atoms. The summed E-state index contributed by atoms with van der Waals surface area (Å²) in [6.45, 7) is 3.48. The van der Waals surface area contributed by atoms with Crippen molar-refractivity contribution >= 4 is 29.3 Å². The Bertz CT molecular complexity index is 840. The Balaban J connectivity index is 1.52. The van der Waals surface area contributed by atoms with Crippen LogP contribution in [-0.2, 0) is 9.53 Å². The highest BCUT2D eigenvalue weighted by atomic mass is 32.2. The number of hydrogen-bond donors (Lipinski definition) is 1. The van der Waals surface area contributed by atoms with Crippen molar-refractivity contribution in [1.82, 2.24) is 4.90 Å². The van der Waals surface area contributed by atoms with E-state index in [2.05, 4.69) is 5.32 Å². The van der Waals surface area contributed by atoms with E-state index in [1.807, 2.05) is 54.3 Å². The summed E-state index contributed by atoms with van der Waals surface area (Å²) in [5.74, 6) is -0.0579. The fourth-order valence-electron chi connectivity index (χ4n) is 3.23. The highest BCUT2D eigenvalue weighted by Gasteiger charge is 2.28. The summed E-state index contributed by atoms with van der Waals surface area (Å²) in [5, 5.41) is 2.77. The van der Waals surface area contributed by atoms with Crippen LogP contribution in [0.1, 0.15) is 28.9 Å². The first-order valence-electron chi connectivity index (χ1n) is 8.69. The average molecular weight is 368 g/mol. The lowest BCUT2D eigenvalue weighted by atomic mass is 10.1. The van der Waals surface area contributed by atoms with Crippen molar-refractivity contribution in [3.05, 3.63) is 59.7 Å². The Morgan fingerprint density at radius 1 is 1.23 bits per heavy atom. The van der Waals surface area contributed by atoms with Crippen LogP contribution in [0, 0.1) is 0 Å². The molecule has 1 N–H and O–H groups in total. The summed E-state index contributed by atoms with van der Waals surface area (Å²) in [7, 11) is 0. The zero-order chi connectivity index (χ0) is 18.1. The highest BCUT2D eigenvalue weighted by molar-refractivity contribution is 8.00. The van der Waals surface area contributed by atoms with Gasteiger partial charge in [-0.3, -0.25) is 9.59 Å². The first kappa shape index (κ1) is 17.1. The lowest BCUT2D eigenvalue weighted by Crippen LogP contribution is -2.42. The van der Waals surface area contributed by atoms with Gasteiger partial charge in [0.15, 0.2) is 0 Å². The molecule has 2 heterocycles. The van der Waals surface area contributed by atoms with Crippen LogP contribution >= 0.6 is 11.8 Å². The van der Waals surface area contributed by atoms with Crippen molar-refractivity contribution in [3.63, 3.8) is 0 Å². The quantitative estimate of drug-likeness (QED) is 0.883. The molecule has 0 spiro atoms. The van der Waals surface area contributed by atoms with Crippen LogP contribution in [0.3, 0.4) is 0 Å². The predicted molar refractivity (Wildman–Crippen MR) is 101 cm³/mol. The molecule has 1 fully saturated rings. The van der Waals surface area contributed by atoms with Crippen LogP contribution < -0.4 is 5.32 Å². The molecule has 2 atom stereocenters. The first-order chi connectivity index (χ1) is 12.6. The van der Waals surface area contributed by atoms with E-state index in [1.54, 1.807) is 6.07 Å². The molecule has 0 saturated carbocycles. The van der Waals surface area contributed by atoms with Gasteiger partial charge < -0.3 is 15.0 Å². The molecule has 0 aromatic heterocycles. The Labute approximate surface area is 156 Å². The van der Waals surface area contributed by atoms with Crippen LogP contribution in [0.5, 0.6) is 0 Å².